The molecule has 0 aromatic heterocycles. The number of hydrogen-bond acceptors (Lipinski definition) is 4. The first-order chi connectivity index (χ1) is 11.6. The first-order valence-electron chi connectivity index (χ1n) is 8.28. The summed E-state index contributed by atoms with van der Waals surface area (Å²) in [5, 5.41) is 0. The number of rotatable bonds is 3. The van der Waals surface area contributed by atoms with Gasteiger partial charge in [-0.05, 0) is 52.3 Å². The summed E-state index contributed by atoms with van der Waals surface area (Å²) in [5.74, 6) is 0.222. The highest BCUT2D eigenvalue weighted by Gasteiger charge is 2.49. The van der Waals surface area contributed by atoms with Crippen LogP contribution in [-0.2, 0) is 19.6 Å². The third-order valence-electron chi connectivity index (χ3n) is 5.05. The minimum absolute atomic E-state index is 0.0239. The standard InChI is InChI=1S/C19H23NO4S/c1-11-6-8-16(9-7-11)25(22,23)20-12(2)10-17(14(4)21)19-18(20)13(3)15(5)24-19/h6-10,17-19H,1-5H3. The first kappa shape index (κ1) is 17.7. The lowest BCUT2D eigenvalue weighted by molar-refractivity contribution is -0.123. The van der Waals surface area contributed by atoms with Crippen LogP contribution in [-0.4, -0.2) is 30.7 Å². The zero-order chi connectivity index (χ0) is 18.5. The summed E-state index contributed by atoms with van der Waals surface area (Å²) in [7, 11) is -3.75. The lowest BCUT2D eigenvalue weighted by atomic mass is 9.87. The van der Waals surface area contributed by atoms with E-state index in [4.69, 9.17) is 4.74 Å². The van der Waals surface area contributed by atoms with Crippen LogP contribution in [0.1, 0.15) is 33.3 Å². The van der Waals surface area contributed by atoms with Crippen LogP contribution < -0.4 is 0 Å². The van der Waals surface area contributed by atoms with E-state index in [1.54, 1.807) is 37.3 Å². The maximum absolute atomic E-state index is 13.3. The topological polar surface area (TPSA) is 63.7 Å². The van der Waals surface area contributed by atoms with Gasteiger partial charge in [-0.15, -0.1) is 0 Å². The Morgan fingerprint density at radius 1 is 1.08 bits per heavy atom. The second-order valence-electron chi connectivity index (χ2n) is 6.82. The van der Waals surface area contributed by atoms with Gasteiger partial charge in [-0.3, -0.25) is 9.10 Å². The van der Waals surface area contributed by atoms with Gasteiger partial charge in [-0.2, -0.15) is 0 Å². The van der Waals surface area contributed by atoms with Crippen molar-refractivity contribution in [3.8, 4) is 0 Å². The number of sulfonamides is 1. The Hall–Kier alpha value is -2.08. The van der Waals surface area contributed by atoms with Gasteiger partial charge in [-0.25, -0.2) is 8.42 Å². The van der Waals surface area contributed by atoms with E-state index in [1.807, 2.05) is 20.8 Å². The number of benzene rings is 1. The van der Waals surface area contributed by atoms with E-state index in [0.29, 0.717) is 11.5 Å². The fraction of sp³-hybridized carbons (Fsp3) is 0.421. The van der Waals surface area contributed by atoms with E-state index >= 15 is 0 Å². The minimum atomic E-state index is -3.75. The lowest BCUT2D eigenvalue weighted by Gasteiger charge is -2.40. The molecule has 0 amide bonds. The monoisotopic (exact) mass is 361 g/mol. The molecule has 134 valence electrons. The molecule has 0 radical (unpaired) electrons. The number of aryl methyl sites for hydroxylation is 1. The molecular weight excluding hydrogens is 338 g/mol. The van der Waals surface area contributed by atoms with Crippen molar-refractivity contribution in [3.05, 3.63) is 52.9 Å². The Labute approximate surface area is 149 Å². The summed E-state index contributed by atoms with van der Waals surface area (Å²) < 4.78 is 33.9. The molecule has 0 saturated carbocycles. The Balaban J connectivity index is 2.15. The summed E-state index contributed by atoms with van der Waals surface area (Å²) >= 11 is 0. The van der Waals surface area contributed by atoms with Gasteiger partial charge in [0.05, 0.1) is 16.6 Å². The number of carbonyl (C=O) groups excluding carboxylic acids is 1. The van der Waals surface area contributed by atoms with Crippen LogP contribution in [0.4, 0.5) is 0 Å². The van der Waals surface area contributed by atoms with E-state index in [2.05, 4.69) is 0 Å². The molecule has 0 bridgehead atoms. The number of Topliss-reactive ketones (excluding diaryl/α,β-unsaturated/α-hetero) is 1. The molecule has 25 heavy (non-hydrogen) atoms. The Kier molecular flexibility index (Phi) is 4.27. The molecule has 3 rings (SSSR count). The molecule has 2 aliphatic heterocycles. The highest BCUT2D eigenvalue weighted by molar-refractivity contribution is 7.89. The van der Waals surface area contributed by atoms with Gasteiger partial charge in [-0.1, -0.05) is 23.8 Å². The Morgan fingerprint density at radius 2 is 1.68 bits per heavy atom. The van der Waals surface area contributed by atoms with Crippen molar-refractivity contribution in [2.75, 3.05) is 0 Å². The first-order valence-corrected chi connectivity index (χ1v) is 9.72. The van der Waals surface area contributed by atoms with Crippen LogP contribution in [0.2, 0.25) is 0 Å². The number of nitrogens with zero attached hydrogens (tertiary/aromatic N) is 1. The van der Waals surface area contributed by atoms with Crippen molar-refractivity contribution < 1.29 is 17.9 Å². The van der Waals surface area contributed by atoms with Gasteiger partial charge < -0.3 is 4.74 Å². The molecule has 5 nitrogen and oxygen atoms in total. The Bertz CT molecular complexity index is 881. The zero-order valence-corrected chi connectivity index (χ0v) is 15.9. The van der Waals surface area contributed by atoms with Gasteiger partial charge in [0.1, 0.15) is 17.9 Å². The molecule has 6 heteroatoms. The highest BCUT2D eigenvalue weighted by atomic mass is 32.2. The van der Waals surface area contributed by atoms with E-state index in [0.717, 1.165) is 11.1 Å². The van der Waals surface area contributed by atoms with Crippen LogP contribution in [0, 0.1) is 12.8 Å². The van der Waals surface area contributed by atoms with Gasteiger partial charge in [0.2, 0.25) is 0 Å². The maximum Gasteiger partial charge on any atom is 0.264 e. The molecule has 2 heterocycles. The summed E-state index contributed by atoms with van der Waals surface area (Å²) in [4.78, 5) is 12.3. The molecule has 2 aliphatic rings. The van der Waals surface area contributed by atoms with Crippen LogP contribution in [0.3, 0.4) is 0 Å². The van der Waals surface area contributed by atoms with E-state index in [9.17, 15) is 13.2 Å². The van der Waals surface area contributed by atoms with Crippen molar-refractivity contribution in [1.82, 2.24) is 4.31 Å². The van der Waals surface area contributed by atoms with Gasteiger partial charge in [0.25, 0.3) is 10.0 Å². The van der Waals surface area contributed by atoms with Crippen molar-refractivity contribution in [1.29, 1.82) is 0 Å². The van der Waals surface area contributed by atoms with Crippen molar-refractivity contribution in [3.63, 3.8) is 0 Å². The summed E-state index contributed by atoms with van der Waals surface area (Å²) in [6, 6.07) is 6.30. The average molecular weight is 361 g/mol. The fourth-order valence-corrected chi connectivity index (χ4v) is 5.28. The smallest absolute Gasteiger partial charge is 0.264 e. The number of hydrogen-bond donors (Lipinski definition) is 0. The molecule has 0 spiro atoms. The second kappa shape index (κ2) is 6.02. The SMILES string of the molecule is CC(=O)C1C=C(C)N(S(=O)(=O)c2ccc(C)cc2)C2C(C)=C(C)OC12. The number of fused-ring (bicyclic) bond motifs is 1. The molecule has 1 aromatic carbocycles. The molecule has 0 aliphatic carbocycles. The fourth-order valence-electron chi connectivity index (χ4n) is 3.55. The van der Waals surface area contributed by atoms with Crippen LogP contribution >= 0.6 is 0 Å². The quantitative estimate of drug-likeness (QED) is 0.829. The largest absolute Gasteiger partial charge is 0.491 e. The van der Waals surface area contributed by atoms with Crippen LogP contribution in [0.15, 0.2) is 52.3 Å². The number of allylic oxidation sites excluding steroid dienone is 2. The third-order valence-corrected chi connectivity index (χ3v) is 6.95. The molecule has 3 atom stereocenters. The van der Waals surface area contributed by atoms with Crippen molar-refractivity contribution in [2.24, 2.45) is 5.92 Å². The predicted octanol–water partition coefficient (Wildman–Crippen LogP) is 3.17. The second-order valence-corrected chi connectivity index (χ2v) is 8.64. The van der Waals surface area contributed by atoms with Gasteiger partial charge >= 0.3 is 0 Å². The predicted molar refractivity (Wildman–Crippen MR) is 95.2 cm³/mol. The lowest BCUT2D eigenvalue weighted by Crippen LogP contribution is -2.51. The van der Waals surface area contributed by atoms with Crippen LogP contribution in [0.5, 0.6) is 0 Å². The minimum Gasteiger partial charge on any atom is -0.491 e. The van der Waals surface area contributed by atoms with Crippen molar-refractivity contribution in [2.45, 2.75) is 51.7 Å². The highest BCUT2D eigenvalue weighted by Crippen LogP contribution is 2.42. The number of carbonyl (C=O) groups is 1. The molecular formula is C19H23NO4S. The summed E-state index contributed by atoms with van der Waals surface area (Å²) in [6.07, 6.45) is 1.20. The van der Waals surface area contributed by atoms with Crippen LogP contribution in [0.25, 0.3) is 0 Å². The normalized spacial score (nSPS) is 26.2. The van der Waals surface area contributed by atoms with Gasteiger partial charge in [0, 0.05) is 5.70 Å². The van der Waals surface area contributed by atoms with E-state index in [-0.39, 0.29) is 10.7 Å². The van der Waals surface area contributed by atoms with Gasteiger partial charge in [0.15, 0.2) is 0 Å². The molecule has 0 fully saturated rings. The van der Waals surface area contributed by atoms with E-state index < -0.39 is 28.1 Å². The van der Waals surface area contributed by atoms with E-state index in [1.165, 1.54) is 11.2 Å². The van der Waals surface area contributed by atoms with Crippen molar-refractivity contribution >= 4 is 15.8 Å². The molecule has 1 aromatic rings. The number of ketones is 1. The zero-order valence-electron chi connectivity index (χ0n) is 15.1. The molecule has 0 saturated heterocycles. The maximum atomic E-state index is 13.3. The molecule has 3 unspecified atom stereocenters. The molecule has 0 N–H and O–H groups in total. The average Bonchev–Trinajstić information content (AvgIpc) is 2.82. The number of ether oxygens (including phenoxy) is 1. The summed E-state index contributed by atoms with van der Waals surface area (Å²) in [6.45, 7) is 8.85. The summed E-state index contributed by atoms with van der Waals surface area (Å²) in [5.41, 5.74) is 2.40. The third kappa shape index (κ3) is 2.78. The Morgan fingerprint density at radius 3 is 2.24 bits per heavy atom.